The summed E-state index contributed by atoms with van der Waals surface area (Å²) in [5, 5.41) is 2.81. The Labute approximate surface area is 146 Å². The number of methoxy groups -OCH3 is 1. The molecule has 0 bridgehead atoms. The van der Waals surface area contributed by atoms with E-state index in [0.29, 0.717) is 30.0 Å². The van der Waals surface area contributed by atoms with Gasteiger partial charge >= 0.3 is 0 Å². The first-order chi connectivity index (χ1) is 12.1. The van der Waals surface area contributed by atoms with Crippen molar-refractivity contribution >= 4 is 17.5 Å². The minimum atomic E-state index is -0.613. The SMILES string of the molecule is COc1ccccc1C(=O)NCCC1Oc2ccccc2N(C)C1=O. The summed E-state index contributed by atoms with van der Waals surface area (Å²) in [5.41, 5.74) is 1.21. The Bertz CT molecular complexity index is 790. The third kappa shape index (κ3) is 3.42. The predicted octanol–water partition coefficient (Wildman–Crippen LogP) is 2.24. The first-order valence-corrected chi connectivity index (χ1v) is 8.06. The molecule has 1 atom stereocenters. The quantitative estimate of drug-likeness (QED) is 0.906. The average molecular weight is 340 g/mol. The van der Waals surface area contributed by atoms with E-state index in [1.54, 1.807) is 36.2 Å². The maximum absolute atomic E-state index is 12.4. The Morgan fingerprint density at radius 3 is 2.72 bits per heavy atom. The van der Waals surface area contributed by atoms with E-state index in [-0.39, 0.29) is 11.8 Å². The van der Waals surface area contributed by atoms with Gasteiger partial charge in [-0.1, -0.05) is 24.3 Å². The number of carbonyl (C=O) groups excluding carboxylic acids is 2. The Morgan fingerprint density at radius 2 is 1.92 bits per heavy atom. The fourth-order valence-corrected chi connectivity index (χ4v) is 2.80. The van der Waals surface area contributed by atoms with Crippen molar-refractivity contribution in [1.29, 1.82) is 0 Å². The first-order valence-electron chi connectivity index (χ1n) is 8.06. The van der Waals surface area contributed by atoms with E-state index in [1.165, 1.54) is 7.11 Å². The van der Waals surface area contributed by atoms with E-state index in [2.05, 4.69) is 5.32 Å². The molecule has 0 aliphatic carbocycles. The topological polar surface area (TPSA) is 67.9 Å². The van der Waals surface area contributed by atoms with Crippen LogP contribution in [0, 0.1) is 0 Å². The smallest absolute Gasteiger partial charge is 0.267 e. The van der Waals surface area contributed by atoms with E-state index < -0.39 is 6.10 Å². The van der Waals surface area contributed by atoms with Crippen LogP contribution in [0.2, 0.25) is 0 Å². The number of benzene rings is 2. The molecule has 25 heavy (non-hydrogen) atoms. The highest BCUT2D eigenvalue weighted by atomic mass is 16.5. The second kappa shape index (κ2) is 7.25. The number of para-hydroxylation sites is 3. The molecule has 0 fully saturated rings. The van der Waals surface area contributed by atoms with Crippen LogP contribution in [-0.2, 0) is 4.79 Å². The Morgan fingerprint density at radius 1 is 1.20 bits per heavy atom. The van der Waals surface area contributed by atoms with E-state index in [9.17, 15) is 9.59 Å². The zero-order valence-corrected chi connectivity index (χ0v) is 14.2. The number of amides is 2. The van der Waals surface area contributed by atoms with Crippen molar-refractivity contribution in [3.05, 3.63) is 54.1 Å². The van der Waals surface area contributed by atoms with Crippen molar-refractivity contribution in [2.24, 2.45) is 0 Å². The number of fused-ring (bicyclic) bond motifs is 1. The monoisotopic (exact) mass is 340 g/mol. The predicted molar refractivity (Wildman–Crippen MR) is 94.2 cm³/mol. The largest absolute Gasteiger partial charge is 0.496 e. The van der Waals surface area contributed by atoms with Crippen LogP contribution in [-0.4, -0.2) is 38.6 Å². The van der Waals surface area contributed by atoms with Crippen LogP contribution in [0.4, 0.5) is 5.69 Å². The number of nitrogens with one attached hydrogen (secondary N) is 1. The van der Waals surface area contributed by atoms with Gasteiger partial charge in [0, 0.05) is 20.0 Å². The number of hydrogen-bond donors (Lipinski definition) is 1. The Hall–Kier alpha value is -3.02. The van der Waals surface area contributed by atoms with Gasteiger partial charge in [0.05, 0.1) is 18.4 Å². The van der Waals surface area contributed by atoms with E-state index in [1.807, 2.05) is 24.3 Å². The standard InChI is InChI=1S/C19H20N2O4/c1-21-14-8-4-6-10-16(14)25-17(19(21)23)11-12-20-18(22)13-7-3-5-9-15(13)24-2/h3-10,17H,11-12H2,1-2H3,(H,20,22). The summed E-state index contributed by atoms with van der Waals surface area (Å²) in [6.45, 7) is 0.323. The van der Waals surface area contributed by atoms with Gasteiger partial charge in [0.1, 0.15) is 11.5 Å². The van der Waals surface area contributed by atoms with Gasteiger partial charge in [-0.15, -0.1) is 0 Å². The molecule has 2 aromatic rings. The summed E-state index contributed by atoms with van der Waals surface area (Å²) in [4.78, 5) is 26.3. The van der Waals surface area contributed by atoms with Crippen LogP contribution < -0.4 is 19.7 Å². The molecule has 6 nitrogen and oxygen atoms in total. The number of carbonyl (C=O) groups is 2. The number of hydrogen-bond acceptors (Lipinski definition) is 4. The maximum Gasteiger partial charge on any atom is 0.267 e. The molecule has 0 aromatic heterocycles. The number of ether oxygens (including phenoxy) is 2. The summed E-state index contributed by atoms with van der Waals surface area (Å²) < 4.78 is 11.0. The second-order valence-electron chi connectivity index (χ2n) is 5.72. The highest BCUT2D eigenvalue weighted by Crippen LogP contribution is 2.33. The van der Waals surface area contributed by atoms with E-state index in [0.717, 1.165) is 5.69 Å². The molecule has 1 aliphatic heterocycles. The van der Waals surface area contributed by atoms with Gasteiger partial charge in [-0.2, -0.15) is 0 Å². The minimum absolute atomic E-state index is 0.120. The van der Waals surface area contributed by atoms with Crippen molar-refractivity contribution in [2.45, 2.75) is 12.5 Å². The van der Waals surface area contributed by atoms with E-state index >= 15 is 0 Å². The molecule has 6 heteroatoms. The summed E-state index contributed by atoms with van der Waals surface area (Å²) in [7, 11) is 3.25. The normalized spacial score (nSPS) is 16.0. The molecule has 0 saturated heterocycles. The van der Waals surface area contributed by atoms with Crippen molar-refractivity contribution in [3.63, 3.8) is 0 Å². The van der Waals surface area contributed by atoms with Crippen LogP contribution in [0.3, 0.4) is 0 Å². The van der Waals surface area contributed by atoms with Crippen molar-refractivity contribution in [2.75, 3.05) is 25.6 Å². The number of nitrogens with zero attached hydrogens (tertiary/aromatic N) is 1. The summed E-state index contributed by atoms with van der Waals surface area (Å²) in [5.74, 6) is 0.823. The van der Waals surface area contributed by atoms with Crippen molar-refractivity contribution in [3.8, 4) is 11.5 Å². The first kappa shape index (κ1) is 16.8. The molecule has 2 aromatic carbocycles. The van der Waals surface area contributed by atoms with Gasteiger partial charge in [0.25, 0.3) is 11.8 Å². The number of anilines is 1. The number of rotatable bonds is 5. The van der Waals surface area contributed by atoms with Gasteiger partial charge in [-0.3, -0.25) is 9.59 Å². The van der Waals surface area contributed by atoms with Crippen molar-refractivity contribution in [1.82, 2.24) is 5.32 Å². The molecule has 3 rings (SSSR count). The van der Waals surface area contributed by atoms with E-state index in [4.69, 9.17) is 9.47 Å². The summed E-state index contributed by atoms with van der Waals surface area (Å²) >= 11 is 0. The lowest BCUT2D eigenvalue weighted by molar-refractivity contribution is -0.126. The molecule has 1 heterocycles. The number of likely N-dealkylation sites (N-methyl/N-ethyl adjacent to an activating group) is 1. The average Bonchev–Trinajstić information content (AvgIpc) is 2.65. The third-order valence-corrected chi connectivity index (χ3v) is 4.15. The molecular formula is C19H20N2O4. The Balaban J connectivity index is 1.61. The lowest BCUT2D eigenvalue weighted by Gasteiger charge is -2.31. The fraction of sp³-hybridized carbons (Fsp3) is 0.263. The lowest BCUT2D eigenvalue weighted by atomic mass is 10.1. The van der Waals surface area contributed by atoms with Crippen LogP contribution in [0.15, 0.2) is 48.5 Å². The second-order valence-corrected chi connectivity index (χ2v) is 5.72. The molecule has 130 valence electrons. The van der Waals surface area contributed by atoms with Crippen molar-refractivity contribution < 1.29 is 19.1 Å². The molecule has 0 spiro atoms. The van der Waals surface area contributed by atoms with Gasteiger partial charge in [0.2, 0.25) is 0 Å². The third-order valence-electron chi connectivity index (χ3n) is 4.15. The van der Waals surface area contributed by atoms with Gasteiger partial charge < -0.3 is 19.7 Å². The van der Waals surface area contributed by atoms with Gasteiger partial charge in [-0.25, -0.2) is 0 Å². The minimum Gasteiger partial charge on any atom is -0.496 e. The lowest BCUT2D eigenvalue weighted by Crippen LogP contribution is -2.45. The molecule has 0 radical (unpaired) electrons. The van der Waals surface area contributed by atoms with Crippen LogP contribution in [0.25, 0.3) is 0 Å². The zero-order chi connectivity index (χ0) is 17.8. The zero-order valence-electron chi connectivity index (χ0n) is 14.2. The van der Waals surface area contributed by atoms with Gasteiger partial charge in [-0.05, 0) is 24.3 Å². The molecule has 1 aliphatic rings. The van der Waals surface area contributed by atoms with Gasteiger partial charge in [0.15, 0.2) is 6.10 Å². The Kier molecular flexibility index (Phi) is 4.88. The fourth-order valence-electron chi connectivity index (χ4n) is 2.80. The van der Waals surface area contributed by atoms with Crippen LogP contribution in [0.1, 0.15) is 16.8 Å². The molecule has 1 unspecified atom stereocenters. The molecule has 2 amide bonds. The highest BCUT2D eigenvalue weighted by molar-refractivity contribution is 5.99. The van der Waals surface area contributed by atoms with Crippen LogP contribution >= 0.6 is 0 Å². The molecule has 0 saturated carbocycles. The summed E-state index contributed by atoms with van der Waals surface area (Å²) in [6.07, 6.45) is -0.226. The van der Waals surface area contributed by atoms with Crippen LogP contribution in [0.5, 0.6) is 11.5 Å². The molecular weight excluding hydrogens is 320 g/mol. The highest BCUT2D eigenvalue weighted by Gasteiger charge is 2.31. The maximum atomic E-state index is 12.4. The molecule has 1 N–H and O–H groups in total. The summed E-state index contributed by atoms with van der Waals surface area (Å²) in [6, 6.07) is 14.4.